The van der Waals surface area contributed by atoms with Crippen molar-refractivity contribution in [3.05, 3.63) is 54.4 Å². The zero-order chi connectivity index (χ0) is 18.6. The molecule has 3 heterocycles. The van der Waals surface area contributed by atoms with Crippen molar-refractivity contribution in [3.8, 4) is 5.75 Å². The van der Waals surface area contributed by atoms with Gasteiger partial charge < -0.3 is 15.0 Å². The zero-order valence-electron chi connectivity index (χ0n) is 15.3. The molecule has 0 radical (unpaired) electrons. The molecular formula is C20H23N5O2. The van der Waals surface area contributed by atoms with Gasteiger partial charge in [-0.25, -0.2) is 4.98 Å². The molecule has 0 aliphatic carbocycles. The highest BCUT2D eigenvalue weighted by molar-refractivity contribution is 5.79. The third-order valence-electron chi connectivity index (χ3n) is 4.90. The Morgan fingerprint density at radius 2 is 2.07 bits per heavy atom. The van der Waals surface area contributed by atoms with Gasteiger partial charge in [-0.3, -0.25) is 4.79 Å². The average molecular weight is 365 g/mol. The van der Waals surface area contributed by atoms with E-state index >= 15 is 0 Å². The quantitative estimate of drug-likeness (QED) is 0.749. The van der Waals surface area contributed by atoms with Gasteiger partial charge in [0.1, 0.15) is 11.6 Å². The van der Waals surface area contributed by atoms with Gasteiger partial charge in [-0.1, -0.05) is 12.1 Å². The number of rotatable bonds is 5. The number of piperidine rings is 1. The van der Waals surface area contributed by atoms with Crippen molar-refractivity contribution in [2.24, 2.45) is 0 Å². The normalized spacial score (nSPS) is 17.1. The highest BCUT2D eigenvalue weighted by atomic mass is 16.5. The van der Waals surface area contributed by atoms with E-state index in [9.17, 15) is 4.79 Å². The maximum atomic E-state index is 12.5. The first-order valence-corrected chi connectivity index (χ1v) is 9.19. The van der Waals surface area contributed by atoms with Gasteiger partial charge in [0.15, 0.2) is 5.65 Å². The first kappa shape index (κ1) is 17.3. The zero-order valence-corrected chi connectivity index (χ0v) is 15.3. The van der Waals surface area contributed by atoms with Crippen molar-refractivity contribution >= 4 is 17.4 Å². The fourth-order valence-corrected chi connectivity index (χ4v) is 3.57. The largest absolute Gasteiger partial charge is 0.497 e. The molecule has 1 unspecified atom stereocenters. The lowest BCUT2D eigenvalue weighted by Crippen LogP contribution is -2.48. The van der Waals surface area contributed by atoms with Gasteiger partial charge in [-0.2, -0.15) is 9.61 Å². The van der Waals surface area contributed by atoms with Crippen LogP contribution in [0.3, 0.4) is 0 Å². The van der Waals surface area contributed by atoms with E-state index < -0.39 is 0 Å². The van der Waals surface area contributed by atoms with Gasteiger partial charge in [0.25, 0.3) is 0 Å². The van der Waals surface area contributed by atoms with E-state index in [-0.39, 0.29) is 11.9 Å². The van der Waals surface area contributed by atoms with Gasteiger partial charge in [-0.05, 0) is 36.6 Å². The number of amides is 1. The standard InChI is InChI=1S/C20H23N5O2/c1-27-17-6-4-15(5-7-17)13-19(26)23-16-3-2-12-24(14-16)20-9-10-21-18-8-11-22-25(18)20/h4-11,16H,2-3,12-14H2,1H3,(H,23,26). The Kier molecular flexibility index (Phi) is 4.91. The predicted molar refractivity (Wildman–Crippen MR) is 103 cm³/mol. The van der Waals surface area contributed by atoms with Crippen LogP contribution in [0.25, 0.3) is 5.65 Å². The van der Waals surface area contributed by atoms with Crippen molar-refractivity contribution in [1.29, 1.82) is 0 Å². The fourth-order valence-electron chi connectivity index (χ4n) is 3.57. The molecule has 7 heteroatoms. The van der Waals surface area contributed by atoms with E-state index in [2.05, 4.69) is 20.3 Å². The van der Waals surface area contributed by atoms with E-state index in [1.807, 2.05) is 40.9 Å². The summed E-state index contributed by atoms with van der Waals surface area (Å²) in [4.78, 5) is 19.0. The average Bonchev–Trinajstić information content (AvgIpc) is 3.17. The van der Waals surface area contributed by atoms with Crippen LogP contribution in [-0.2, 0) is 11.2 Å². The van der Waals surface area contributed by atoms with E-state index in [1.165, 1.54) is 0 Å². The van der Waals surface area contributed by atoms with Crippen LogP contribution in [0.1, 0.15) is 18.4 Å². The number of carbonyl (C=O) groups is 1. The number of ether oxygens (including phenoxy) is 1. The molecule has 7 nitrogen and oxygen atoms in total. The van der Waals surface area contributed by atoms with Crippen LogP contribution >= 0.6 is 0 Å². The van der Waals surface area contributed by atoms with Crippen molar-refractivity contribution in [3.63, 3.8) is 0 Å². The molecule has 1 amide bonds. The molecule has 1 fully saturated rings. The van der Waals surface area contributed by atoms with Crippen LogP contribution in [0.15, 0.2) is 48.8 Å². The van der Waals surface area contributed by atoms with Crippen molar-refractivity contribution in [1.82, 2.24) is 19.9 Å². The number of hydrogen-bond donors (Lipinski definition) is 1. The van der Waals surface area contributed by atoms with Gasteiger partial charge in [0.05, 0.1) is 19.7 Å². The highest BCUT2D eigenvalue weighted by Crippen LogP contribution is 2.20. The lowest BCUT2D eigenvalue weighted by Gasteiger charge is -2.34. The van der Waals surface area contributed by atoms with Gasteiger partial charge in [-0.15, -0.1) is 0 Å². The summed E-state index contributed by atoms with van der Waals surface area (Å²) in [6.45, 7) is 1.72. The Labute approximate surface area is 158 Å². The van der Waals surface area contributed by atoms with Gasteiger partial charge in [0, 0.05) is 31.4 Å². The van der Waals surface area contributed by atoms with E-state index in [0.717, 1.165) is 48.7 Å². The first-order chi connectivity index (χ1) is 13.2. The van der Waals surface area contributed by atoms with E-state index in [1.54, 1.807) is 19.5 Å². The minimum absolute atomic E-state index is 0.0472. The van der Waals surface area contributed by atoms with Gasteiger partial charge in [0.2, 0.25) is 5.91 Å². The Bertz CT molecular complexity index is 922. The first-order valence-electron chi connectivity index (χ1n) is 9.19. The number of nitrogens with one attached hydrogen (secondary N) is 1. The molecule has 2 aromatic heterocycles. The summed E-state index contributed by atoms with van der Waals surface area (Å²) in [5, 5.41) is 7.55. The molecule has 1 aliphatic heterocycles. The van der Waals surface area contributed by atoms with Crippen LogP contribution in [0, 0.1) is 0 Å². The van der Waals surface area contributed by atoms with Crippen LogP contribution in [0.4, 0.5) is 5.82 Å². The maximum Gasteiger partial charge on any atom is 0.224 e. The molecule has 4 rings (SSSR count). The topological polar surface area (TPSA) is 71.8 Å². The van der Waals surface area contributed by atoms with E-state index in [4.69, 9.17) is 4.74 Å². The molecule has 3 aromatic rings. The molecule has 1 aromatic carbocycles. The molecule has 0 bridgehead atoms. The highest BCUT2D eigenvalue weighted by Gasteiger charge is 2.23. The second kappa shape index (κ2) is 7.65. The minimum Gasteiger partial charge on any atom is -0.497 e. The Hall–Kier alpha value is -3.09. The number of aromatic nitrogens is 3. The van der Waals surface area contributed by atoms with Crippen molar-refractivity contribution in [2.75, 3.05) is 25.1 Å². The van der Waals surface area contributed by atoms with E-state index in [0.29, 0.717) is 6.42 Å². The molecular weight excluding hydrogens is 342 g/mol. The summed E-state index contributed by atoms with van der Waals surface area (Å²) < 4.78 is 7.01. The minimum atomic E-state index is 0.0472. The lowest BCUT2D eigenvalue weighted by molar-refractivity contribution is -0.121. The van der Waals surface area contributed by atoms with Crippen molar-refractivity contribution in [2.45, 2.75) is 25.3 Å². The number of anilines is 1. The molecule has 140 valence electrons. The van der Waals surface area contributed by atoms with Crippen LogP contribution in [0.2, 0.25) is 0 Å². The Balaban J connectivity index is 1.39. The Morgan fingerprint density at radius 3 is 2.89 bits per heavy atom. The number of benzene rings is 1. The number of methoxy groups -OCH3 is 1. The van der Waals surface area contributed by atoms with Crippen LogP contribution in [0.5, 0.6) is 5.75 Å². The molecule has 1 saturated heterocycles. The summed E-state index contributed by atoms with van der Waals surface area (Å²) >= 11 is 0. The smallest absolute Gasteiger partial charge is 0.224 e. The second-order valence-corrected chi connectivity index (χ2v) is 6.78. The summed E-state index contributed by atoms with van der Waals surface area (Å²) in [6.07, 6.45) is 5.94. The molecule has 1 atom stereocenters. The number of nitrogens with zero attached hydrogens (tertiary/aromatic N) is 4. The van der Waals surface area contributed by atoms with Crippen molar-refractivity contribution < 1.29 is 9.53 Å². The monoisotopic (exact) mass is 365 g/mol. The maximum absolute atomic E-state index is 12.5. The fraction of sp³-hybridized carbons (Fsp3) is 0.350. The molecule has 0 spiro atoms. The summed E-state index contributed by atoms with van der Waals surface area (Å²) in [5.41, 5.74) is 1.81. The van der Waals surface area contributed by atoms with Crippen LogP contribution in [-0.4, -0.2) is 46.7 Å². The summed E-state index contributed by atoms with van der Waals surface area (Å²) in [6, 6.07) is 11.6. The van der Waals surface area contributed by atoms with Crippen LogP contribution < -0.4 is 15.0 Å². The lowest BCUT2D eigenvalue weighted by atomic mass is 10.0. The molecule has 0 saturated carbocycles. The molecule has 1 N–H and O–H groups in total. The number of hydrogen-bond acceptors (Lipinski definition) is 5. The van der Waals surface area contributed by atoms with Gasteiger partial charge >= 0.3 is 0 Å². The Morgan fingerprint density at radius 1 is 1.22 bits per heavy atom. The molecule has 27 heavy (non-hydrogen) atoms. The SMILES string of the molecule is COc1ccc(CC(=O)NC2CCCN(c3ccnc4ccnn34)C2)cc1. The predicted octanol–water partition coefficient (Wildman–Crippen LogP) is 2.07. The summed E-state index contributed by atoms with van der Waals surface area (Å²) in [7, 11) is 1.64. The number of carbonyl (C=O) groups excluding carboxylic acids is 1. The second-order valence-electron chi connectivity index (χ2n) is 6.78. The number of fused-ring (bicyclic) bond motifs is 1. The molecule has 1 aliphatic rings. The summed E-state index contributed by atoms with van der Waals surface area (Å²) in [5.74, 6) is 1.86. The third kappa shape index (κ3) is 3.86. The third-order valence-corrected chi connectivity index (χ3v) is 4.90.